The number of hydrogen-bond donors (Lipinski definition) is 1. The third kappa shape index (κ3) is 2.49. The van der Waals surface area contributed by atoms with Crippen LogP contribution in [0, 0.1) is 5.82 Å². The van der Waals surface area contributed by atoms with E-state index in [0.717, 1.165) is 6.07 Å². The van der Waals surface area contributed by atoms with Gasteiger partial charge in [-0.05, 0) is 17.7 Å². The van der Waals surface area contributed by atoms with Crippen LogP contribution in [-0.2, 0) is 16.5 Å². The van der Waals surface area contributed by atoms with Crippen LogP contribution < -0.4 is 0 Å². The average Bonchev–Trinajstić information content (AvgIpc) is 2.28. The van der Waals surface area contributed by atoms with E-state index in [9.17, 15) is 22.7 Å². The maximum Gasteiger partial charge on any atom is 0.419 e. The van der Waals surface area contributed by atoms with Gasteiger partial charge in [-0.2, -0.15) is 13.2 Å². The standard InChI is InChI=1S/C12H12F4O2/c13-10-2-1-8(7-9(10)12(14,15)16)11(17)3-5-18-6-4-11/h1-2,7,17H,3-6H2. The van der Waals surface area contributed by atoms with Crippen molar-refractivity contribution in [3.8, 4) is 0 Å². The Bertz CT molecular complexity index is 436. The number of benzene rings is 1. The monoisotopic (exact) mass is 264 g/mol. The summed E-state index contributed by atoms with van der Waals surface area (Å²) in [5.74, 6) is -1.33. The Morgan fingerprint density at radius 2 is 1.78 bits per heavy atom. The van der Waals surface area contributed by atoms with Crippen molar-refractivity contribution in [1.29, 1.82) is 0 Å². The summed E-state index contributed by atoms with van der Waals surface area (Å²) >= 11 is 0. The van der Waals surface area contributed by atoms with E-state index in [0.29, 0.717) is 6.07 Å². The number of halogens is 4. The lowest BCUT2D eigenvalue weighted by atomic mass is 9.85. The molecule has 1 fully saturated rings. The lowest BCUT2D eigenvalue weighted by Crippen LogP contribution is -2.33. The molecule has 18 heavy (non-hydrogen) atoms. The summed E-state index contributed by atoms with van der Waals surface area (Å²) in [6.45, 7) is 0.546. The summed E-state index contributed by atoms with van der Waals surface area (Å²) in [5, 5.41) is 10.3. The maximum absolute atomic E-state index is 13.1. The van der Waals surface area contributed by atoms with Crippen LogP contribution in [0.2, 0.25) is 0 Å². The summed E-state index contributed by atoms with van der Waals surface area (Å²) in [6.07, 6.45) is -4.35. The van der Waals surface area contributed by atoms with Crippen LogP contribution in [0.15, 0.2) is 18.2 Å². The van der Waals surface area contributed by atoms with Gasteiger partial charge in [0.2, 0.25) is 0 Å². The SMILES string of the molecule is OC1(c2ccc(F)c(C(F)(F)F)c2)CCOCC1. The summed E-state index contributed by atoms with van der Waals surface area (Å²) in [5.41, 5.74) is -2.63. The Labute approximate surface area is 101 Å². The van der Waals surface area contributed by atoms with Crippen molar-refractivity contribution in [2.45, 2.75) is 24.6 Å². The Morgan fingerprint density at radius 3 is 2.33 bits per heavy atom. The third-order valence-corrected chi connectivity index (χ3v) is 3.13. The first kappa shape index (κ1) is 13.3. The van der Waals surface area contributed by atoms with Crippen molar-refractivity contribution in [3.05, 3.63) is 35.1 Å². The topological polar surface area (TPSA) is 29.5 Å². The molecule has 0 saturated carbocycles. The van der Waals surface area contributed by atoms with Crippen molar-refractivity contribution in [2.75, 3.05) is 13.2 Å². The van der Waals surface area contributed by atoms with Gasteiger partial charge in [0.1, 0.15) is 5.82 Å². The molecule has 1 aliphatic heterocycles. The van der Waals surface area contributed by atoms with Gasteiger partial charge >= 0.3 is 6.18 Å². The van der Waals surface area contributed by atoms with Crippen LogP contribution in [0.5, 0.6) is 0 Å². The van der Waals surface area contributed by atoms with Gasteiger partial charge in [0.25, 0.3) is 0 Å². The molecular formula is C12H12F4O2. The minimum Gasteiger partial charge on any atom is -0.385 e. The Morgan fingerprint density at radius 1 is 1.17 bits per heavy atom. The van der Waals surface area contributed by atoms with Crippen LogP contribution in [0.3, 0.4) is 0 Å². The highest BCUT2D eigenvalue weighted by Crippen LogP contribution is 2.37. The first-order valence-corrected chi connectivity index (χ1v) is 5.50. The van der Waals surface area contributed by atoms with Crippen LogP contribution in [0.1, 0.15) is 24.0 Å². The summed E-state index contributed by atoms with van der Waals surface area (Å²) in [7, 11) is 0. The molecule has 0 amide bonds. The van der Waals surface area contributed by atoms with Crippen molar-refractivity contribution < 1.29 is 27.4 Å². The molecule has 1 aromatic rings. The summed E-state index contributed by atoms with van der Waals surface area (Å²) < 4.78 is 55.9. The highest BCUT2D eigenvalue weighted by molar-refractivity contribution is 5.31. The van der Waals surface area contributed by atoms with E-state index in [1.807, 2.05) is 0 Å². The van der Waals surface area contributed by atoms with E-state index in [-0.39, 0.29) is 31.6 Å². The summed E-state index contributed by atoms with van der Waals surface area (Å²) in [6, 6.07) is 2.61. The average molecular weight is 264 g/mol. The van der Waals surface area contributed by atoms with Crippen LogP contribution in [-0.4, -0.2) is 18.3 Å². The van der Waals surface area contributed by atoms with Crippen molar-refractivity contribution in [2.24, 2.45) is 0 Å². The fourth-order valence-corrected chi connectivity index (χ4v) is 2.03. The lowest BCUT2D eigenvalue weighted by molar-refractivity contribution is -0.140. The number of aliphatic hydroxyl groups is 1. The van der Waals surface area contributed by atoms with Crippen molar-refractivity contribution >= 4 is 0 Å². The van der Waals surface area contributed by atoms with Crippen LogP contribution in [0.4, 0.5) is 17.6 Å². The van der Waals surface area contributed by atoms with Gasteiger partial charge in [0.05, 0.1) is 11.2 Å². The van der Waals surface area contributed by atoms with E-state index >= 15 is 0 Å². The third-order valence-electron chi connectivity index (χ3n) is 3.13. The Balaban J connectivity index is 2.40. The molecule has 1 N–H and O–H groups in total. The predicted molar refractivity (Wildman–Crippen MR) is 55.4 cm³/mol. The Hall–Kier alpha value is -1.14. The highest BCUT2D eigenvalue weighted by atomic mass is 19.4. The highest BCUT2D eigenvalue weighted by Gasteiger charge is 2.38. The van der Waals surface area contributed by atoms with Crippen molar-refractivity contribution in [3.63, 3.8) is 0 Å². The Kier molecular flexibility index (Phi) is 3.33. The number of rotatable bonds is 1. The first-order chi connectivity index (χ1) is 8.33. The molecule has 0 unspecified atom stereocenters. The number of alkyl halides is 3. The maximum atomic E-state index is 13.1. The molecule has 1 heterocycles. The molecule has 100 valence electrons. The zero-order valence-corrected chi connectivity index (χ0v) is 9.43. The van der Waals surface area contributed by atoms with Gasteiger partial charge < -0.3 is 9.84 Å². The molecule has 0 bridgehead atoms. The molecule has 1 aromatic carbocycles. The van der Waals surface area contributed by atoms with Gasteiger partial charge in [-0.25, -0.2) is 4.39 Å². The minimum absolute atomic E-state index is 0.0829. The van der Waals surface area contributed by atoms with E-state index in [1.165, 1.54) is 6.07 Å². The number of ether oxygens (including phenoxy) is 1. The second-order valence-corrected chi connectivity index (χ2v) is 4.34. The predicted octanol–water partition coefficient (Wildman–Crippen LogP) is 2.84. The largest absolute Gasteiger partial charge is 0.419 e. The molecule has 0 aromatic heterocycles. The van der Waals surface area contributed by atoms with E-state index in [2.05, 4.69) is 0 Å². The number of hydrogen-bond acceptors (Lipinski definition) is 2. The molecule has 2 rings (SSSR count). The van der Waals surface area contributed by atoms with Crippen LogP contribution in [0.25, 0.3) is 0 Å². The van der Waals surface area contributed by atoms with Gasteiger partial charge in [-0.3, -0.25) is 0 Å². The summed E-state index contributed by atoms with van der Waals surface area (Å²) in [4.78, 5) is 0. The lowest BCUT2D eigenvalue weighted by Gasteiger charge is -2.32. The smallest absolute Gasteiger partial charge is 0.385 e. The van der Waals surface area contributed by atoms with E-state index < -0.39 is 23.2 Å². The molecule has 6 heteroatoms. The quantitative estimate of drug-likeness (QED) is 0.790. The molecule has 0 atom stereocenters. The molecule has 1 saturated heterocycles. The fraction of sp³-hybridized carbons (Fsp3) is 0.500. The molecule has 2 nitrogen and oxygen atoms in total. The normalized spacial score (nSPS) is 19.8. The fourth-order valence-electron chi connectivity index (χ4n) is 2.03. The molecular weight excluding hydrogens is 252 g/mol. The first-order valence-electron chi connectivity index (χ1n) is 5.50. The van der Waals surface area contributed by atoms with Gasteiger partial charge in [0.15, 0.2) is 0 Å². The van der Waals surface area contributed by atoms with E-state index in [1.54, 1.807) is 0 Å². The van der Waals surface area contributed by atoms with E-state index in [4.69, 9.17) is 4.74 Å². The van der Waals surface area contributed by atoms with Gasteiger partial charge in [0, 0.05) is 26.1 Å². The second kappa shape index (κ2) is 4.51. The molecule has 0 spiro atoms. The van der Waals surface area contributed by atoms with Gasteiger partial charge in [-0.1, -0.05) is 6.07 Å². The minimum atomic E-state index is -4.76. The second-order valence-electron chi connectivity index (χ2n) is 4.34. The van der Waals surface area contributed by atoms with Gasteiger partial charge in [-0.15, -0.1) is 0 Å². The molecule has 1 aliphatic rings. The zero-order valence-electron chi connectivity index (χ0n) is 9.43. The van der Waals surface area contributed by atoms with Crippen LogP contribution >= 0.6 is 0 Å². The molecule has 0 aliphatic carbocycles. The van der Waals surface area contributed by atoms with Crippen molar-refractivity contribution in [1.82, 2.24) is 0 Å². The zero-order chi connectivity index (χ0) is 13.4. The molecule has 0 radical (unpaired) electrons.